The Morgan fingerprint density at radius 2 is 1.80 bits per heavy atom. The van der Waals surface area contributed by atoms with Crippen molar-refractivity contribution in [2.24, 2.45) is 0 Å². The van der Waals surface area contributed by atoms with E-state index < -0.39 is 0 Å². The molecule has 8 heteroatoms. The molecule has 1 N–H and O–H groups in total. The topological polar surface area (TPSA) is 45.2 Å². The summed E-state index contributed by atoms with van der Waals surface area (Å²) in [6, 6.07) is 17.2. The molecule has 35 heavy (non-hydrogen) atoms. The van der Waals surface area contributed by atoms with E-state index in [2.05, 4.69) is 34.7 Å². The Hall–Kier alpha value is -2.15. The quantitative estimate of drug-likeness (QED) is 0.251. The molecule has 1 amide bonds. The number of halogens is 3. The largest absolute Gasteiger partial charge is 0.348 e. The van der Waals surface area contributed by atoms with Crippen LogP contribution in [0.25, 0.3) is 22.2 Å². The highest BCUT2D eigenvalue weighted by Crippen LogP contribution is 2.38. The van der Waals surface area contributed by atoms with E-state index in [1.54, 1.807) is 29.5 Å². The summed E-state index contributed by atoms with van der Waals surface area (Å²) in [4.78, 5) is 22.2. The highest BCUT2D eigenvalue weighted by atomic mass is 35.5. The van der Waals surface area contributed by atoms with Gasteiger partial charge >= 0.3 is 0 Å². The van der Waals surface area contributed by atoms with Crippen LogP contribution in [0.2, 0.25) is 15.1 Å². The third-order valence-electron chi connectivity index (χ3n) is 6.47. The molecule has 4 aromatic rings. The highest BCUT2D eigenvalue weighted by molar-refractivity contribution is 7.10. The predicted molar refractivity (Wildman–Crippen MR) is 147 cm³/mol. The summed E-state index contributed by atoms with van der Waals surface area (Å²) in [5.41, 5.74) is 2.45. The first-order chi connectivity index (χ1) is 16.9. The summed E-state index contributed by atoms with van der Waals surface area (Å²) in [6.07, 6.45) is 2.37. The van der Waals surface area contributed by atoms with Gasteiger partial charge in [-0.2, -0.15) is 0 Å². The molecule has 0 spiro atoms. The first-order valence-corrected chi connectivity index (χ1v) is 13.6. The van der Waals surface area contributed by atoms with E-state index in [4.69, 9.17) is 39.8 Å². The number of nitrogens with one attached hydrogen (secondary N) is 1. The van der Waals surface area contributed by atoms with Crippen molar-refractivity contribution in [3.8, 4) is 11.3 Å². The molecule has 1 aliphatic rings. The van der Waals surface area contributed by atoms with Crippen LogP contribution in [0.1, 0.15) is 41.0 Å². The van der Waals surface area contributed by atoms with E-state index in [0.29, 0.717) is 32.4 Å². The van der Waals surface area contributed by atoms with Gasteiger partial charge in [0.25, 0.3) is 5.91 Å². The lowest BCUT2D eigenvalue weighted by molar-refractivity contribution is 0.0909. The number of aromatic nitrogens is 1. The summed E-state index contributed by atoms with van der Waals surface area (Å²) in [5.74, 6) is -0.144. The molecule has 2 aromatic carbocycles. The molecular weight excluding hydrogens is 521 g/mol. The van der Waals surface area contributed by atoms with Crippen LogP contribution in [0.3, 0.4) is 0 Å². The van der Waals surface area contributed by atoms with Crippen LogP contribution in [-0.4, -0.2) is 34.9 Å². The Morgan fingerprint density at radius 1 is 1.03 bits per heavy atom. The van der Waals surface area contributed by atoms with Crippen LogP contribution in [0.15, 0.2) is 60.0 Å². The Bertz CT molecular complexity index is 1370. The first kappa shape index (κ1) is 24.5. The molecule has 1 fully saturated rings. The molecular formula is C27H24Cl3N3OS. The molecule has 4 nitrogen and oxygen atoms in total. The zero-order valence-corrected chi connectivity index (χ0v) is 22.2. The molecule has 2 unspecified atom stereocenters. The fourth-order valence-corrected chi connectivity index (χ4v) is 6.41. The lowest BCUT2D eigenvalue weighted by Crippen LogP contribution is -2.43. The average molecular weight is 545 g/mol. The molecule has 0 bridgehead atoms. The Morgan fingerprint density at radius 3 is 2.54 bits per heavy atom. The van der Waals surface area contributed by atoms with Gasteiger partial charge in [-0.25, -0.2) is 4.98 Å². The molecule has 2 atom stereocenters. The van der Waals surface area contributed by atoms with Crippen molar-refractivity contribution in [1.82, 2.24) is 15.2 Å². The van der Waals surface area contributed by atoms with Crippen LogP contribution < -0.4 is 5.32 Å². The van der Waals surface area contributed by atoms with Gasteiger partial charge in [0.05, 0.1) is 37.9 Å². The lowest BCUT2D eigenvalue weighted by atomic mass is 10.0. The third kappa shape index (κ3) is 4.93. The fraction of sp³-hybridized carbons (Fsp3) is 0.259. The number of fused-ring (bicyclic) bond motifs is 1. The molecule has 1 saturated heterocycles. The molecule has 2 aromatic heterocycles. The van der Waals surface area contributed by atoms with Gasteiger partial charge in [0.1, 0.15) is 0 Å². The summed E-state index contributed by atoms with van der Waals surface area (Å²) >= 11 is 20.7. The second-order valence-electron chi connectivity index (χ2n) is 8.76. The fourth-order valence-electron chi connectivity index (χ4n) is 4.81. The lowest BCUT2D eigenvalue weighted by Gasteiger charge is -2.32. The van der Waals surface area contributed by atoms with E-state index >= 15 is 0 Å². The minimum atomic E-state index is -0.144. The Kier molecular flexibility index (Phi) is 7.33. The van der Waals surface area contributed by atoms with E-state index in [1.807, 2.05) is 24.3 Å². The van der Waals surface area contributed by atoms with Crippen molar-refractivity contribution in [3.63, 3.8) is 0 Å². The van der Waals surface area contributed by atoms with Crippen molar-refractivity contribution in [2.45, 2.75) is 31.8 Å². The number of pyridine rings is 1. The van der Waals surface area contributed by atoms with Gasteiger partial charge in [0.2, 0.25) is 0 Å². The number of likely N-dealkylation sites (tertiary alicyclic amines) is 1. The molecule has 1 aliphatic heterocycles. The maximum Gasteiger partial charge on any atom is 0.252 e. The van der Waals surface area contributed by atoms with Crippen LogP contribution >= 0.6 is 46.1 Å². The van der Waals surface area contributed by atoms with Gasteiger partial charge < -0.3 is 5.32 Å². The maximum absolute atomic E-state index is 13.7. The zero-order valence-electron chi connectivity index (χ0n) is 19.1. The van der Waals surface area contributed by atoms with Crippen molar-refractivity contribution in [2.75, 3.05) is 13.1 Å². The number of benzene rings is 2. The standard InChI is InChI=1S/C27H24Cl3N3OS/c1-16(26(23-9-6-14-35-23)33-12-4-5-13-33)31-27(34)19-15-22(32-21-8-3-2-7-17(19)21)18-10-11-20(28)25(30)24(18)29/h2-3,6-11,14-16,26H,4-5,12-13H2,1H3,(H,31,34). The number of carbonyl (C=O) groups excluding carboxylic acids is 1. The summed E-state index contributed by atoms with van der Waals surface area (Å²) in [5, 5.41) is 7.11. The van der Waals surface area contributed by atoms with Crippen LogP contribution in [0.5, 0.6) is 0 Å². The normalized spacial score (nSPS) is 15.9. The van der Waals surface area contributed by atoms with Gasteiger partial charge in [-0.3, -0.25) is 9.69 Å². The first-order valence-electron chi connectivity index (χ1n) is 11.6. The average Bonchev–Trinajstić information content (AvgIpc) is 3.57. The summed E-state index contributed by atoms with van der Waals surface area (Å²) in [7, 11) is 0. The minimum absolute atomic E-state index is 0.0804. The maximum atomic E-state index is 13.7. The SMILES string of the molecule is CC(NC(=O)c1cc(-c2ccc(Cl)c(Cl)c2Cl)nc2ccccc12)C(c1cccs1)N1CCCC1. The number of hydrogen-bond acceptors (Lipinski definition) is 4. The third-order valence-corrected chi connectivity index (χ3v) is 8.71. The van der Waals surface area contributed by atoms with Gasteiger partial charge in [-0.15, -0.1) is 11.3 Å². The predicted octanol–water partition coefficient (Wildman–Crippen LogP) is 7.88. The van der Waals surface area contributed by atoms with Gasteiger partial charge in [-0.05, 0) is 68.6 Å². The molecule has 0 radical (unpaired) electrons. The van der Waals surface area contributed by atoms with Gasteiger partial charge in [0, 0.05) is 21.9 Å². The van der Waals surface area contributed by atoms with E-state index in [9.17, 15) is 4.79 Å². The van der Waals surface area contributed by atoms with Crippen molar-refractivity contribution in [1.29, 1.82) is 0 Å². The minimum Gasteiger partial charge on any atom is -0.348 e. The highest BCUT2D eigenvalue weighted by Gasteiger charge is 2.30. The number of carbonyl (C=O) groups is 1. The van der Waals surface area contributed by atoms with Crippen molar-refractivity contribution >= 4 is 62.9 Å². The van der Waals surface area contributed by atoms with Crippen molar-refractivity contribution in [3.05, 3.63) is 85.5 Å². The van der Waals surface area contributed by atoms with E-state index in [-0.39, 0.29) is 23.0 Å². The Balaban J connectivity index is 1.52. The number of rotatable bonds is 6. The number of hydrogen-bond donors (Lipinski definition) is 1. The monoisotopic (exact) mass is 543 g/mol. The molecule has 180 valence electrons. The smallest absolute Gasteiger partial charge is 0.252 e. The summed E-state index contributed by atoms with van der Waals surface area (Å²) in [6.45, 7) is 4.17. The zero-order chi connectivity index (χ0) is 24.5. The second-order valence-corrected chi connectivity index (χ2v) is 10.9. The van der Waals surface area contributed by atoms with Crippen LogP contribution in [-0.2, 0) is 0 Å². The second kappa shape index (κ2) is 10.5. The number of para-hydroxylation sites is 1. The molecule has 0 saturated carbocycles. The Labute approximate surface area is 223 Å². The van der Waals surface area contributed by atoms with Gasteiger partial charge in [0.15, 0.2) is 0 Å². The number of amides is 1. The van der Waals surface area contributed by atoms with Crippen molar-refractivity contribution < 1.29 is 4.79 Å². The van der Waals surface area contributed by atoms with Crippen LogP contribution in [0, 0.1) is 0 Å². The number of nitrogens with zero attached hydrogens (tertiary/aromatic N) is 2. The summed E-state index contributed by atoms with van der Waals surface area (Å²) < 4.78 is 0. The van der Waals surface area contributed by atoms with Gasteiger partial charge in [-0.1, -0.05) is 59.1 Å². The molecule has 5 rings (SSSR count). The number of thiophene rings is 1. The van der Waals surface area contributed by atoms with E-state index in [0.717, 1.165) is 18.5 Å². The molecule has 0 aliphatic carbocycles. The van der Waals surface area contributed by atoms with E-state index in [1.165, 1.54) is 17.7 Å². The van der Waals surface area contributed by atoms with Crippen LogP contribution in [0.4, 0.5) is 0 Å². The molecule has 3 heterocycles.